The standard InChI is InChI=1S/C10H11N7O4/c11-16-15-10(2-18)5(19)1-6(21-10)17-4-14-7-8(17)12-3-13-9(7)20/h3-6,11,18-19H,1-2H2/p+1. The minimum absolute atomic E-state index is 0.0829. The smallest absolute Gasteiger partial charge is 0.293 e. The second-order valence-electron chi connectivity index (χ2n) is 4.58. The Kier molecular flexibility index (Phi) is 3.11. The predicted molar refractivity (Wildman–Crippen MR) is 66.0 cm³/mol. The number of nitrogens with zero attached hydrogens (tertiary/aromatic N) is 5. The van der Waals surface area contributed by atoms with Crippen LogP contribution in [0.3, 0.4) is 0 Å². The lowest BCUT2D eigenvalue weighted by Gasteiger charge is -2.18. The van der Waals surface area contributed by atoms with E-state index < -0.39 is 30.2 Å². The van der Waals surface area contributed by atoms with Crippen molar-refractivity contribution >= 4 is 11.2 Å². The van der Waals surface area contributed by atoms with Gasteiger partial charge in [-0.1, -0.05) is 0 Å². The molecule has 1 fully saturated rings. The van der Waals surface area contributed by atoms with E-state index in [1.807, 2.05) is 0 Å². The Balaban J connectivity index is 2.04. The SMILES string of the molecule is N=[N+]=NC1(CO)OC(n2cnc3c(=O)[nH]cnc32)CC1O. The number of hydrogen-bond donors (Lipinski definition) is 4. The number of hydrogen-bond acceptors (Lipinski definition) is 8. The maximum absolute atomic E-state index is 11.6. The molecule has 21 heavy (non-hydrogen) atoms. The van der Waals surface area contributed by atoms with Gasteiger partial charge in [-0.25, -0.2) is 9.97 Å². The quantitative estimate of drug-likeness (QED) is 0.403. The summed E-state index contributed by atoms with van der Waals surface area (Å²) in [4.78, 5) is 24.8. The number of H-pyrrole nitrogens is 1. The summed E-state index contributed by atoms with van der Waals surface area (Å²) < 4.78 is 7.00. The molecule has 0 aromatic carbocycles. The Morgan fingerprint density at radius 2 is 2.48 bits per heavy atom. The van der Waals surface area contributed by atoms with E-state index in [4.69, 9.17) is 10.3 Å². The Morgan fingerprint density at radius 1 is 1.67 bits per heavy atom. The Labute approximate surface area is 116 Å². The van der Waals surface area contributed by atoms with E-state index in [1.54, 1.807) is 0 Å². The molecule has 3 rings (SSSR count). The molecule has 0 spiro atoms. The summed E-state index contributed by atoms with van der Waals surface area (Å²) >= 11 is 0. The molecule has 3 atom stereocenters. The third-order valence-electron chi connectivity index (χ3n) is 3.41. The van der Waals surface area contributed by atoms with Crippen molar-refractivity contribution in [1.82, 2.24) is 24.4 Å². The van der Waals surface area contributed by atoms with E-state index in [0.717, 1.165) is 0 Å². The van der Waals surface area contributed by atoms with Crippen LogP contribution in [-0.2, 0) is 4.74 Å². The van der Waals surface area contributed by atoms with Crippen LogP contribution < -0.4 is 10.5 Å². The van der Waals surface area contributed by atoms with E-state index in [1.165, 1.54) is 17.2 Å². The number of fused-ring (bicyclic) bond motifs is 1. The first-order valence-corrected chi connectivity index (χ1v) is 6.07. The minimum atomic E-state index is -1.69. The lowest BCUT2D eigenvalue weighted by molar-refractivity contribution is -0.126. The van der Waals surface area contributed by atoms with Crippen LogP contribution in [0.4, 0.5) is 0 Å². The Hall–Kier alpha value is -2.46. The molecule has 2 aromatic rings. The van der Waals surface area contributed by atoms with Gasteiger partial charge in [0.05, 0.1) is 12.7 Å². The number of ether oxygens (including phenoxy) is 1. The first kappa shape index (κ1) is 13.5. The molecule has 1 aliphatic rings. The van der Waals surface area contributed by atoms with Crippen LogP contribution in [0, 0.1) is 5.53 Å². The van der Waals surface area contributed by atoms with Gasteiger partial charge in [-0.05, 0) is 0 Å². The number of imidazole rings is 1. The van der Waals surface area contributed by atoms with Crippen LogP contribution in [0.5, 0.6) is 0 Å². The van der Waals surface area contributed by atoms with Crippen molar-refractivity contribution in [2.45, 2.75) is 24.5 Å². The molecule has 2 aromatic heterocycles. The van der Waals surface area contributed by atoms with Gasteiger partial charge in [0.2, 0.25) is 4.91 Å². The third-order valence-corrected chi connectivity index (χ3v) is 3.41. The van der Waals surface area contributed by atoms with Crippen LogP contribution in [0.25, 0.3) is 11.2 Å². The Morgan fingerprint density at radius 3 is 3.19 bits per heavy atom. The summed E-state index contributed by atoms with van der Waals surface area (Å²) in [5.74, 6) is 0. The summed E-state index contributed by atoms with van der Waals surface area (Å²) in [6, 6.07) is 0. The van der Waals surface area contributed by atoms with E-state index in [-0.39, 0.29) is 17.6 Å². The fourth-order valence-corrected chi connectivity index (χ4v) is 2.33. The molecule has 0 bridgehead atoms. The first-order valence-electron chi connectivity index (χ1n) is 6.07. The normalized spacial score (nSPS) is 28.7. The van der Waals surface area contributed by atoms with Gasteiger partial charge >= 0.3 is 0 Å². The molecule has 11 heteroatoms. The zero-order valence-corrected chi connectivity index (χ0v) is 10.7. The number of aromatic amines is 1. The molecular weight excluding hydrogens is 282 g/mol. The van der Waals surface area contributed by atoms with E-state index >= 15 is 0 Å². The highest BCUT2D eigenvalue weighted by atomic mass is 16.6. The maximum Gasteiger partial charge on any atom is 0.293 e. The van der Waals surface area contributed by atoms with Crippen LogP contribution in [0.2, 0.25) is 0 Å². The molecule has 1 saturated heterocycles. The lowest BCUT2D eigenvalue weighted by Crippen LogP contribution is -2.41. The van der Waals surface area contributed by atoms with E-state index in [2.05, 4.69) is 25.0 Å². The van der Waals surface area contributed by atoms with Crippen molar-refractivity contribution in [2.75, 3.05) is 6.61 Å². The van der Waals surface area contributed by atoms with Gasteiger partial charge in [0.15, 0.2) is 16.3 Å². The zero-order chi connectivity index (χ0) is 15.0. The molecule has 0 amide bonds. The minimum Gasteiger partial charge on any atom is -0.391 e. The van der Waals surface area contributed by atoms with Crippen molar-refractivity contribution in [3.8, 4) is 0 Å². The van der Waals surface area contributed by atoms with Crippen LogP contribution >= 0.6 is 0 Å². The van der Waals surface area contributed by atoms with Crippen molar-refractivity contribution in [2.24, 2.45) is 5.11 Å². The Bertz CT molecular complexity index is 779. The van der Waals surface area contributed by atoms with E-state index in [0.29, 0.717) is 0 Å². The fraction of sp³-hybridized carbons (Fsp3) is 0.500. The lowest BCUT2D eigenvalue weighted by atomic mass is 10.1. The molecule has 0 aliphatic carbocycles. The van der Waals surface area contributed by atoms with Gasteiger partial charge in [-0.2, -0.15) is 0 Å². The number of aliphatic hydroxyl groups is 2. The van der Waals surface area contributed by atoms with Gasteiger partial charge in [0.25, 0.3) is 11.3 Å². The molecule has 0 saturated carbocycles. The topological polar surface area (TPSA) is 164 Å². The second-order valence-corrected chi connectivity index (χ2v) is 4.58. The molecular formula is C10H12N7O4+. The fourth-order valence-electron chi connectivity index (χ4n) is 2.33. The number of aliphatic hydroxyl groups excluding tert-OH is 2. The highest BCUT2D eigenvalue weighted by Crippen LogP contribution is 2.38. The summed E-state index contributed by atoms with van der Waals surface area (Å²) in [6.07, 6.45) is 0.782. The maximum atomic E-state index is 11.6. The second kappa shape index (κ2) is 4.82. The largest absolute Gasteiger partial charge is 0.391 e. The van der Waals surface area contributed by atoms with Crippen LogP contribution in [0.1, 0.15) is 12.6 Å². The van der Waals surface area contributed by atoms with Gasteiger partial charge in [-0.3, -0.25) is 9.36 Å². The molecule has 4 N–H and O–H groups in total. The highest BCUT2D eigenvalue weighted by Gasteiger charge is 2.53. The monoisotopic (exact) mass is 294 g/mol. The third kappa shape index (κ3) is 1.96. The summed E-state index contributed by atoms with van der Waals surface area (Å²) in [6.45, 7) is -0.631. The summed E-state index contributed by atoms with van der Waals surface area (Å²) in [5.41, 5.74) is 5.11. The van der Waals surface area contributed by atoms with Crippen molar-refractivity contribution < 1.29 is 14.9 Å². The van der Waals surface area contributed by atoms with Crippen molar-refractivity contribution in [3.63, 3.8) is 0 Å². The average Bonchev–Trinajstić information content (AvgIpc) is 3.03. The number of nitrogens with one attached hydrogen (secondary N) is 2. The van der Waals surface area contributed by atoms with Gasteiger partial charge in [0.1, 0.15) is 24.5 Å². The van der Waals surface area contributed by atoms with Gasteiger partial charge in [0, 0.05) is 6.42 Å². The number of rotatable bonds is 3. The van der Waals surface area contributed by atoms with Crippen LogP contribution in [-0.4, -0.2) is 48.2 Å². The zero-order valence-electron chi connectivity index (χ0n) is 10.7. The van der Waals surface area contributed by atoms with E-state index in [9.17, 15) is 15.0 Å². The molecule has 0 radical (unpaired) electrons. The molecule has 3 unspecified atom stereocenters. The van der Waals surface area contributed by atoms with Crippen molar-refractivity contribution in [3.05, 3.63) is 23.0 Å². The molecule has 110 valence electrons. The number of aromatic nitrogens is 4. The summed E-state index contributed by atoms with van der Waals surface area (Å²) in [5, 5.41) is 22.9. The highest BCUT2D eigenvalue weighted by molar-refractivity contribution is 5.68. The first-order chi connectivity index (χ1) is 10.1. The molecule has 3 heterocycles. The molecule has 1 aliphatic heterocycles. The average molecular weight is 294 g/mol. The van der Waals surface area contributed by atoms with Crippen molar-refractivity contribution in [1.29, 1.82) is 5.53 Å². The van der Waals surface area contributed by atoms with Gasteiger partial charge < -0.3 is 19.9 Å². The van der Waals surface area contributed by atoms with Crippen LogP contribution in [0.15, 0.2) is 22.6 Å². The van der Waals surface area contributed by atoms with Gasteiger partial charge in [-0.15, -0.1) is 0 Å². The summed E-state index contributed by atoms with van der Waals surface area (Å²) in [7, 11) is 0. The molecule has 11 nitrogen and oxygen atoms in total. The predicted octanol–water partition coefficient (Wildman–Crippen LogP) is -1.36.